The number of aromatic amines is 1. The molecule has 1 aromatic heterocycles. The molecule has 0 fully saturated rings. The first kappa shape index (κ1) is 13.5. The average molecular weight is 259 g/mol. The highest BCUT2D eigenvalue weighted by Crippen LogP contribution is 2.20. The fraction of sp³-hybridized carbons (Fsp3) is 0.182. The second-order valence-corrected chi connectivity index (χ2v) is 3.65. The van der Waals surface area contributed by atoms with Gasteiger partial charge in [0, 0.05) is 23.5 Å². The van der Waals surface area contributed by atoms with Crippen molar-refractivity contribution in [2.24, 2.45) is 5.73 Å². The van der Waals surface area contributed by atoms with Crippen LogP contribution in [-0.2, 0) is 11.2 Å². The molecule has 1 atom stereocenters. The second-order valence-electron chi connectivity index (χ2n) is 3.65. The fourth-order valence-electron chi connectivity index (χ4n) is 1.64. The Hall–Kier alpha value is -1.59. The molecule has 6 heteroatoms. The third-order valence-electron chi connectivity index (χ3n) is 2.49. The summed E-state index contributed by atoms with van der Waals surface area (Å²) in [6, 6.07) is 3.36. The zero-order chi connectivity index (χ0) is 11.7. The van der Waals surface area contributed by atoms with Gasteiger partial charge in [-0.2, -0.15) is 0 Å². The van der Waals surface area contributed by atoms with Crippen molar-refractivity contribution in [3.05, 3.63) is 35.8 Å². The Morgan fingerprint density at radius 3 is 2.88 bits per heavy atom. The average Bonchev–Trinajstić information content (AvgIpc) is 2.61. The van der Waals surface area contributed by atoms with Crippen LogP contribution in [0.25, 0.3) is 10.9 Å². The number of rotatable bonds is 3. The number of nitrogens with one attached hydrogen (secondary N) is 1. The van der Waals surface area contributed by atoms with Crippen LogP contribution in [0, 0.1) is 5.82 Å². The van der Waals surface area contributed by atoms with Gasteiger partial charge in [-0.25, -0.2) is 4.39 Å². The Labute approximate surface area is 103 Å². The van der Waals surface area contributed by atoms with Crippen LogP contribution in [0.4, 0.5) is 4.39 Å². The molecule has 0 radical (unpaired) electrons. The molecule has 4 nitrogen and oxygen atoms in total. The Morgan fingerprint density at radius 1 is 1.53 bits per heavy atom. The summed E-state index contributed by atoms with van der Waals surface area (Å²) in [5.41, 5.74) is 6.91. The molecule has 2 rings (SSSR count). The van der Waals surface area contributed by atoms with E-state index in [2.05, 4.69) is 4.98 Å². The third-order valence-corrected chi connectivity index (χ3v) is 2.49. The summed E-state index contributed by atoms with van der Waals surface area (Å²) in [5, 5.41) is 9.38. The van der Waals surface area contributed by atoms with Gasteiger partial charge in [0.1, 0.15) is 11.9 Å². The van der Waals surface area contributed by atoms with E-state index in [0.29, 0.717) is 10.9 Å². The van der Waals surface area contributed by atoms with Gasteiger partial charge in [0.2, 0.25) is 0 Å². The van der Waals surface area contributed by atoms with Crippen LogP contribution in [0.2, 0.25) is 0 Å². The van der Waals surface area contributed by atoms with Gasteiger partial charge in [-0.15, -0.1) is 12.4 Å². The first-order chi connectivity index (χ1) is 7.58. The number of fused-ring (bicyclic) bond motifs is 1. The van der Waals surface area contributed by atoms with Gasteiger partial charge in [-0.1, -0.05) is 0 Å². The van der Waals surface area contributed by atoms with Crippen LogP contribution in [0.3, 0.4) is 0 Å². The highest BCUT2D eigenvalue weighted by Gasteiger charge is 2.14. The van der Waals surface area contributed by atoms with E-state index in [1.807, 2.05) is 0 Å². The first-order valence-electron chi connectivity index (χ1n) is 4.82. The predicted octanol–water partition coefficient (Wildman–Crippen LogP) is 1.68. The minimum atomic E-state index is -1.06. The smallest absolute Gasteiger partial charge is 0.320 e. The van der Waals surface area contributed by atoms with Crippen LogP contribution in [0.1, 0.15) is 5.56 Å². The van der Waals surface area contributed by atoms with Crippen molar-refractivity contribution >= 4 is 29.3 Å². The maximum atomic E-state index is 13.0. The van der Waals surface area contributed by atoms with Crippen molar-refractivity contribution in [2.75, 3.05) is 0 Å². The Morgan fingerprint density at radius 2 is 2.24 bits per heavy atom. The number of H-pyrrole nitrogens is 1. The van der Waals surface area contributed by atoms with E-state index in [9.17, 15) is 9.18 Å². The quantitative estimate of drug-likeness (QED) is 0.784. The Bertz CT molecular complexity index is 541. The second kappa shape index (κ2) is 5.16. The number of nitrogens with two attached hydrogens (primary N) is 1. The van der Waals surface area contributed by atoms with Crippen molar-refractivity contribution in [3.63, 3.8) is 0 Å². The molecular formula is C11H12ClFN2O2. The highest BCUT2D eigenvalue weighted by atomic mass is 35.5. The molecule has 92 valence electrons. The molecule has 1 heterocycles. The maximum absolute atomic E-state index is 13.0. The molecule has 0 saturated heterocycles. The molecule has 0 aliphatic rings. The van der Waals surface area contributed by atoms with Crippen molar-refractivity contribution in [1.29, 1.82) is 0 Å². The van der Waals surface area contributed by atoms with Crippen molar-refractivity contribution in [3.8, 4) is 0 Å². The summed E-state index contributed by atoms with van der Waals surface area (Å²) in [5.74, 6) is -1.41. The van der Waals surface area contributed by atoms with Gasteiger partial charge < -0.3 is 15.8 Å². The third kappa shape index (κ3) is 2.75. The summed E-state index contributed by atoms with van der Waals surface area (Å²) < 4.78 is 13.0. The molecular weight excluding hydrogens is 247 g/mol. The van der Waals surface area contributed by atoms with E-state index in [1.165, 1.54) is 12.1 Å². The van der Waals surface area contributed by atoms with Crippen LogP contribution in [0.5, 0.6) is 0 Å². The largest absolute Gasteiger partial charge is 0.480 e. The van der Waals surface area contributed by atoms with Crippen LogP contribution < -0.4 is 5.73 Å². The molecule has 0 bridgehead atoms. The van der Waals surface area contributed by atoms with Gasteiger partial charge >= 0.3 is 5.97 Å². The molecule has 2 aromatic rings. The molecule has 1 aromatic carbocycles. The number of aliphatic carboxylic acids is 1. The fourth-order valence-corrected chi connectivity index (χ4v) is 1.64. The van der Waals surface area contributed by atoms with Gasteiger partial charge in [-0.3, -0.25) is 4.79 Å². The van der Waals surface area contributed by atoms with E-state index in [1.54, 1.807) is 12.3 Å². The summed E-state index contributed by atoms with van der Waals surface area (Å²) in [6.45, 7) is 0. The standard InChI is InChI=1S/C11H11FN2O2.ClH/c12-7-1-2-10-8(4-7)6(5-14-10)3-9(13)11(15)16;/h1-2,4-5,9,14H,3,13H2,(H,15,16);1H/t9-;/m0./s1. The summed E-state index contributed by atoms with van der Waals surface area (Å²) in [7, 11) is 0. The van der Waals surface area contributed by atoms with Gasteiger partial charge in [0.25, 0.3) is 0 Å². The molecule has 0 amide bonds. The van der Waals surface area contributed by atoms with Crippen LogP contribution in [-0.4, -0.2) is 22.1 Å². The zero-order valence-corrected chi connectivity index (χ0v) is 9.63. The highest BCUT2D eigenvalue weighted by molar-refractivity contribution is 5.85. The van der Waals surface area contributed by atoms with Gasteiger partial charge in [-0.05, 0) is 23.8 Å². The first-order valence-corrected chi connectivity index (χ1v) is 4.82. The summed E-state index contributed by atoms with van der Waals surface area (Å²) in [4.78, 5) is 13.6. The molecule has 4 N–H and O–H groups in total. The number of carboxylic acids is 1. The number of hydrogen-bond acceptors (Lipinski definition) is 2. The van der Waals surface area contributed by atoms with E-state index in [4.69, 9.17) is 10.8 Å². The summed E-state index contributed by atoms with van der Waals surface area (Å²) >= 11 is 0. The number of benzene rings is 1. The maximum Gasteiger partial charge on any atom is 0.320 e. The van der Waals surface area contributed by atoms with Crippen LogP contribution in [0.15, 0.2) is 24.4 Å². The molecule has 0 unspecified atom stereocenters. The lowest BCUT2D eigenvalue weighted by Crippen LogP contribution is -2.32. The minimum absolute atomic E-state index is 0. The number of aromatic nitrogens is 1. The Balaban J connectivity index is 0.00000144. The summed E-state index contributed by atoms with van der Waals surface area (Å²) in [6.07, 6.45) is 1.84. The number of carbonyl (C=O) groups is 1. The van der Waals surface area contributed by atoms with E-state index in [0.717, 1.165) is 5.52 Å². The number of halogens is 2. The van der Waals surface area contributed by atoms with Gasteiger partial charge in [0.05, 0.1) is 0 Å². The topological polar surface area (TPSA) is 79.1 Å². The lowest BCUT2D eigenvalue weighted by molar-refractivity contribution is -0.138. The van der Waals surface area contributed by atoms with E-state index >= 15 is 0 Å². The normalized spacial score (nSPS) is 12.1. The lowest BCUT2D eigenvalue weighted by atomic mass is 10.1. The molecule has 0 aliphatic carbocycles. The number of hydrogen-bond donors (Lipinski definition) is 3. The molecule has 17 heavy (non-hydrogen) atoms. The molecule has 0 saturated carbocycles. The van der Waals surface area contributed by atoms with Gasteiger partial charge in [0.15, 0.2) is 0 Å². The molecule has 0 spiro atoms. The van der Waals surface area contributed by atoms with E-state index < -0.39 is 12.0 Å². The van der Waals surface area contributed by atoms with Crippen molar-refractivity contribution in [1.82, 2.24) is 4.98 Å². The van der Waals surface area contributed by atoms with Crippen molar-refractivity contribution in [2.45, 2.75) is 12.5 Å². The van der Waals surface area contributed by atoms with E-state index in [-0.39, 0.29) is 24.6 Å². The lowest BCUT2D eigenvalue weighted by Gasteiger charge is -2.04. The monoisotopic (exact) mass is 258 g/mol. The van der Waals surface area contributed by atoms with Crippen molar-refractivity contribution < 1.29 is 14.3 Å². The number of carboxylic acid groups (broad SMARTS) is 1. The Kier molecular flexibility index (Phi) is 4.09. The SMILES string of the molecule is Cl.N[C@@H](Cc1c[nH]c2ccc(F)cc12)C(=O)O. The minimum Gasteiger partial charge on any atom is -0.480 e. The predicted molar refractivity (Wildman–Crippen MR) is 64.8 cm³/mol. The zero-order valence-electron chi connectivity index (χ0n) is 8.81. The molecule has 0 aliphatic heterocycles. The van der Waals surface area contributed by atoms with Crippen LogP contribution >= 0.6 is 12.4 Å².